The number of carbonyl (C=O) groups is 2. The molecule has 0 aliphatic heterocycles. The van der Waals surface area contributed by atoms with Crippen LogP contribution in [0.5, 0.6) is 5.75 Å². The minimum Gasteiger partial charge on any atom is -0.484 e. The number of hydrogen-bond donors (Lipinski definition) is 3. The maximum atomic E-state index is 13.1. The quantitative estimate of drug-likeness (QED) is 0.770. The van der Waals surface area contributed by atoms with Gasteiger partial charge in [-0.05, 0) is 49.9 Å². The summed E-state index contributed by atoms with van der Waals surface area (Å²) in [6, 6.07) is 4.31. The van der Waals surface area contributed by atoms with Crippen LogP contribution in [0.1, 0.15) is 24.8 Å². The van der Waals surface area contributed by atoms with Crippen LogP contribution < -0.4 is 15.4 Å². The number of carboxylic acid groups (broad SMARTS) is 1. The van der Waals surface area contributed by atoms with E-state index in [-0.39, 0.29) is 29.4 Å². The first-order chi connectivity index (χ1) is 10.3. The average Bonchev–Trinajstić information content (AvgIpc) is 2.36. The number of rotatable bonds is 5. The molecule has 0 saturated heterocycles. The first-order valence-corrected chi connectivity index (χ1v) is 7.03. The number of ether oxygens (including phenoxy) is 1. The van der Waals surface area contributed by atoms with Gasteiger partial charge in [0.05, 0.1) is 5.54 Å². The number of carbonyl (C=O) groups excluding carboxylic acids is 1. The summed E-state index contributed by atoms with van der Waals surface area (Å²) in [6.07, 6.45) is 0.823. The molecule has 0 spiro atoms. The highest BCUT2D eigenvalue weighted by Gasteiger charge is 2.69. The monoisotopic (exact) mass is 308 g/mol. The van der Waals surface area contributed by atoms with Crippen LogP contribution in [0, 0.1) is 12.7 Å². The van der Waals surface area contributed by atoms with Crippen molar-refractivity contribution in [3.8, 4) is 5.75 Å². The zero-order valence-electron chi connectivity index (χ0n) is 12.1. The van der Waals surface area contributed by atoms with Gasteiger partial charge in [-0.1, -0.05) is 0 Å². The van der Waals surface area contributed by atoms with Crippen LogP contribution in [-0.2, 0) is 4.79 Å². The zero-order valence-corrected chi connectivity index (χ0v) is 12.1. The summed E-state index contributed by atoms with van der Waals surface area (Å²) in [7, 11) is 0. The molecule has 0 unspecified atom stereocenters. The van der Waals surface area contributed by atoms with Gasteiger partial charge in [-0.15, -0.1) is 0 Å². The van der Waals surface area contributed by atoms with Gasteiger partial charge in [0, 0.05) is 5.54 Å². The average molecular weight is 308 g/mol. The Kier molecular flexibility index (Phi) is 3.23. The third-order valence-electron chi connectivity index (χ3n) is 4.31. The van der Waals surface area contributed by atoms with E-state index in [1.54, 1.807) is 6.92 Å². The van der Waals surface area contributed by atoms with E-state index >= 15 is 0 Å². The Labute approximate surface area is 126 Å². The smallest absolute Gasteiger partial charge is 0.405 e. The maximum absolute atomic E-state index is 13.1. The highest BCUT2D eigenvalue weighted by molar-refractivity contribution is 5.79. The van der Waals surface area contributed by atoms with Gasteiger partial charge in [-0.3, -0.25) is 4.79 Å². The first-order valence-electron chi connectivity index (χ1n) is 7.03. The van der Waals surface area contributed by atoms with Crippen LogP contribution in [0.2, 0.25) is 0 Å². The number of benzene rings is 1. The van der Waals surface area contributed by atoms with Crippen LogP contribution in [-0.4, -0.2) is 34.8 Å². The number of hydrogen-bond acceptors (Lipinski definition) is 3. The summed E-state index contributed by atoms with van der Waals surface area (Å²) in [5.74, 6) is -0.136. The predicted molar refractivity (Wildman–Crippen MR) is 75.2 cm³/mol. The van der Waals surface area contributed by atoms with E-state index in [1.165, 1.54) is 18.2 Å². The SMILES string of the molecule is Cc1cc(OCC(=O)NC23CC(NC(=O)O)(C2)C3)ccc1F. The Morgan fingerprint density at radius 1 is 1.27 bits per heavy atom. The van der Waals surface area contributed by atoms with Crippen molar-refractivity contribution < 1.29 is 23.8 Å². The summed E-state index contributed by atoms with van der Waals surface area (Å²) in [6.45, 7) is 1.48. The standard InChI is InChI=1S/C15H17FN2O4/c1-9-4-10(2-3-11(9)16)22-5-12(19)17-14-6-15(7-14,8-14)18-13(20)21/h2-4,18H,5-8H2,1H3,(H,17,19)(H,20,21). The lowest BCUT2D eigenvalue weighted by Gasteiger charge is -2.69. The summed E-state index contributed by atoms with van der Waals surface area (Å²) < 4.78 is 18.5. The molecule has 6 nitrogen and oxygen atoms in total. The molecule has 0 radical (unpaired) electrons. The third-order valence-corrected chi connectivity index (χ3v) is 4.31. The number of aryl methyl sites for hydroxylation is 1. The van der Waals surface area contributed by atoms with Gasteiger partial charge < -0.3 is 20.5 Å². The largest absolute Gasteiger partial charge is 0.484 e. The summed E-state index contributed by atoms with van der Waals surface area (Å²) in [5.41, 5.74) is -0.186. The van der Waals surface area contributed by atoms with Gasteiger partial charge in [0.1, 0.15) is 11.6 Å². The van der Waals surface area contributed by atoms with Crippen molar-refractivity contribution in [1.82, 2.24) is 10.6 Å². The summed E-state index contributed by atoms with van der Waals surface area (Å²) in [4.78, 5) is 22.5. The van der Waals surface area contributed by atoms with Crippen molar-refractivity contribution in [3.63, 3.8) is 0 Å². The van der Waals surface area contributed by atoms with E-state index in [1.807, 2.05) is 0 Å². The lowest BCUT2D eigenvalue weighted by atomic mass is 9.44. The van der Waals surface area contributed by atoms with E-state index in [0.29, 0.717) is 30.6 Å². The van der Waals surface area contributed by atoms with Crippen molar-refractivity contribution >= 4 is 12.0 Å². The van der Waals surface area contributed by atoms with Gasteiger partial charge in [0.15, 0.2) is 6.61 Å². The van der Waals surface area contributed by atoms with Crippen molar-refractivity contribution in [3.05, 3.63) is 29.6 Å². The van der Waals surface area contributed by atoms with Gasteiger partial charge in [0.25, 0.3) is 5.91 Å². The van der Waals surface area contributed by atoms with E-state index < -0.39 is 6.09 Å². The molecule has 0 heterocycles. The topological polar surface area (TPSA) is 87.7 Å². The second-order valence-corrected chi connectivity index (χ2v) is 6.27. The van der Waals surface area contributed by atoms with Gasteiger partial charge in [-0.25, -0.2) is 9.18 Å². The molecule has 3 aliphatic carbocycles. The molecule has 3 N–H and O–H groups in total. The minimum absolute atomic E-state index is 0.147. The Morgan fingerprint density at radius 2 is 1.91 bits per heavy atom. The highest BCUT2D eigenvalue weighted by Crippen LogP contribution is 2.60. The predicted octanol–water partition coefficient (Wildman–Crippen LogP) is 1.57. The van der Waals surface area contributed by atoms with Gasteiger partial charge in [-0.2, -0.15) is 0 Å². The molecule has 1 aromatic carbocycles. The van der Waals surface area contributed by atoms with Gasteiger partial charge in [0.2, 0.25) is 0 Å². The second kappa shape index (κ2) is 4.86. The summed E-state index contributed by atoms with van der Waals surface area (Å²) >= 11 is 0. The molecule has 3 saturated carbocycles. The van der Waals surface area contributed by atoms with Crippen molar-refractivity contribution in [1.29, 1.82) is 0 Å². The lowest BCUT2D eigenvalue weighted by Crippen LogP contribution is -2.83. The molecule has 7 heteroatoms. The molecule has 2 bridgehead atoms. The molecule has 0 aromatic heterocycles. The molecule has 3 aliphatic rings. The van der Waals surface area contributed by atoms with Crippen LogP contribution >= 0.6 is 0 Å². The van der Waals surface area contributed by atoms with Crippen molar-refractivity contribution in [2.75, 3.05) is 6.61 Å². The molecule has 2 amide bonds. The lowest BCUT2D eigenvalue weighted by molar-refractivity contribution is -0.141. The molecule has 3 fully saturated rings. The van der Waals surface area contributed by atoms with Crippen LogP contribution in [0.3, 0.4) is 0 Å². The Hall–Kier alpha value is -2.31. The molecule has 22 heavy (non-hydrogen) atoms. The highest BCUT2D eigenvalue weighted by atomic mass is 19.1. The van der Waals surface area contributed by atoms with Crippen molar-refractivity contribution in [2.24, 2.45) is 0 Å². The van der Waals surface area contributed by atoms with E-state index in [0.717, 1.165) is 0 Å². The Bertz CT molecular complexity index is 627. The molecule has 118 valence electrons. The molecular formula is C15H17FN2O4. The molecular weight excluding hydrogens is 291 g/mol. The normalized spacial score (nSPS) is 28.1. The maximum Gasteiger partial charge on any atom is 0.405 e. The van der Waals surface area contributed by atoms with E-state index in [4.69, 9.17) is 9.84 Å². The molecule has 1 aromatic rings. The first kappa shape index (κ1) is 14.6. The zero-order chi connectivity index (χ0) is 16.0. The third kappa shape index (κ3) is 2.58. The van der Waals surface area contributed by atoms with E-state index in [9.17, 15) is 14.0 Å². The minimum atomic E-state index is -1.03. The van der Waals surface area contributed by atoms with E-state index in [2.05, 4.69) is 10.6 Å². The number of halogens is 1. The van der Waals surface area contributed by atoms with Crippen LogP contribution in [0.4, 0.5) is 9.18 Å². The number of nitrogens with one attached hydrogen (secondary N) is 2. The second-order valence-electron chi connectivity index (χ2n) is 6.27. The van der Waals surface area contributed by atoms with Gasteiger partial charge >= 0.3 is 6.09 Å². The number of amides is 2. The fourth-order valence-electron chi connectivity index (χ4n) is 3.47. The Morgan fingerprint density at radius 3 is 2.50 bits per heavy atom. The Balaban J connectivity index is 1.45. The fraction of sp³-hybridized carbons (Fsp3) is 0.467. The molecule has 4 rings (SSSR count). The van der Waals surface area contributed by atoms with Crippen molar-refractivity contribution in [2.45, 2.75) is 37.3 Å². The summed E-state index contributed by atoms with van der Waals surface area (Å²) in [5, 5.41) is 14.1. The molecule has 0 atom stereocenters. The van der Waals surface area contributed by atoms with Crippen LogP contribution in [0.25, 0.3) is 0 Å². The fourth-order valence-corrected chi connectivity index (χ4v) is 3.47. The van der Waals surface area contributed by atoms with Crippen LogP contribution in [0.15, 0.2) is 18.2 Å².